The maximum Gasteiger partial charge on any atom is 1.00 e. The van der Waals surface area contributed by atoms with Crippen molar-refractivity contribution in [3.05, 3.63) is 40.9 Å². The molecule has 0 aliphatic carbocycles. The molecule has 0 aliphatic heterocycles. The van der Waals surface area contributed by atoms with Crippen molar-refractivity contribution in [1.82, 2.24) is 0 Å². The summed E-state index contributed by atoms with van der Waals surface area (Å²) in [5.41, 5.74) is 0. The first-order valence-electron chi connectivity index (χ1n) is 3.63. The summed E-state index contributed by atoms with van der Waals surface area (Å²) in [6.45, 7) is 0. The topological polar surface area (TPSA) is 0 Å². The molecule has 3 heteroatoms. The second-order valence-electron chi connectivity index (χ2n) is 2.60. The maximum atomic E-state index is 5.25. The van der Waals surface area contributed by atoms with Gasteiger partial charge in [0.05, 0.1) is 0 Å². The molecule has 2 rings (SSSR count). The predicted octanol–water partition coefficient (Wildman–Crippen LogP) is 0.512. The molecule has 0 unspecified atom stereocenters. The standard InChI is InChI=1S/C10H7BrS.Li/c11-9-6-5-7-3-1-2-4-8(7)10(9)12;/h1-6,12H;/q;+1/p-1. The second-order valence-corrected chi connectivity index (χ2v) is 3.86. The number of fused-ring (bicyclic) bond motifs is 1. The minimum absolute atomic E-state index is 0. The van der Waals surface area contributed by atoms with E-state index < -0.39 is 0 Å². The Morgan fingerprint density at radius 2 is 1.69 bits per heavy atom. The third kappa shape index (κ3) is 2.08. The molecular weight excluding hydrogens is 239 g/mol. The molecule has 0 nitrogen and oxygen atoms in total. The maximum absolute atomic E-state index is 5.25. The van der Waals surface area contributed by atoms with Crippen LogP contribution < -0.4 is 18.9 Å². The number of benzene rings is 2. The monoisotopic (exact) mass is 244 g/mol. The fraction of sp³-hybridized carbons (Fsp3) is 0. The average molecular weight is 245 g/mol. The quantitative estimate of drug-likeness (QED) is 0.481. The Hall–Kier alpha value is -0.00260. The number of hydrogen-bond acceptors (Lipinski definition) is 1. The molecule has 0 spiro atoms. The van der Waals surface area contributed by atoms with Crippen LogP contribution >= 0.6 is 15.9 Å². The zero-order chi connectivity index (χ0) is 8.55. The van der Waals surface area contributed by atoms with E-state index in [2.05, 4.69) is 28.1 Å². The summed E-state index contributed by atoms with van der Waals surface area (Å²) in [6, 6.07) is 12.2. The minimum atomic E-state index is 0. The SMILES string of the molecule is [Li+].[S-]c1c(Br)ccc2ccccc12. The van der Waals surface area contributed by atoms with Gasteiger partial charge in [-0.05, 0) is 21.3 Å². The normalized spacial score (nSPS) is 9.62. The van der Waals surface area contributed by atoms with Crippen LogP contribution in [0, 0.1) is 0 Å². The van der Waals surface area contributed by atoms with E-state index in [0.29, 0.717) is 0 Å². The van der Waals surface area contributed by atoms with Crippen LogP contribution in [-0.2, 0) is 12.6 Å². The van der Waals surface area contributed by atoms with Gasteiger partial charge in [0.25, 0.3) is 0 Å². The van der Waals surface area contributed by atoms with Crippen LogP contribution in [-0.4, -0.2) is 0 Å². The van der Waals surface area contributed by atoms with E-state index >= 15 is 0 Å². The zero-order valence-electron chi connectivity index (χ0n) is 7.25. The predicted molar refractivity (Wildman–Crippen MR) is 57.3 cm³/mol. The molecule has 0 amide bonds. The molecule has 0 saturated heterocycles. The fourth-order valence-corrected chi connectivity index (χ4v) is 1.82. The first-order valence-corrected chi connectivity index (χ1v) is 4.83. The average Bonchev–Trinajstić information content (AvgIpc) is 2.12. The van der Waals surface area contributed by atoms with Gasteiger partial charge in [0.2, 0.25) is 0 Å². The molecular formula is C10H6BrLiS. The van der Waals surface area contributed by atoms with Crippen molar-refractivity contribution in [2.45, 2.75) is 4.90 Å². The van der Waals surface area contributed by atoms with Crippen molar-refractivity contribution in [3.63, 3.8) is 0 Å². The Balaban J connectivity index is 0.000000845. The van der Waals surface area contributed by atoms with E-state index in [1.54, 1.807) is 0 Å². The van der Waals surface area contributed by atoms with E-state index in [9.17, 15) is 0 Å². The van der Waals surface area contributed by atoms with E-state index in [1.807, 2.05) is 24.3 Å². The molecule has 0 bridgehead atoms. The van der Waals surface area contributed by atoms with E-state index in [4.69, 9.17) is 12.6 Å². The van der Waals surface area contributed by atoms with Crippen molar-refractivity contribution in [3.8, 4) is 0 Å². The Kier molecular flexibility index (Phi) is 3.82. The third-order valence-corrected chi connectivity index (χ3v) is 3.19. The molecule has 0 heterocycles. The van der Waals surface area contributed by atoms with Gasteiger partial charge in [-0.1, -0.05) is 46.3 Å². The summed E-state index contributed by atoms with van der Waals surface area (Å²) in [7, 11) is 0. The van der Waals surface area contributed by atoms with Gasteiger partial charge in [-0.3, -0.25) is 0 Å². The first kappa shape index (κ1) is 11.1. The van der Waals surface area contributed by atoms with Gasteiger partial charge < -0.3 is 12.6 Å². The summed E-state index contributed by atoms with van der Waals surface area (Å²) in [5.74, 6) is 0. The van der Waals surface area contributed by atoms with E-state index in [-0.39, 0.29) is 18.9 Å². The van der Waals surface area contributed by atoms with Gasteiger partial charge in [0, 0.05) is 0 Å². The molecule has 0 fully saturated rings. The van der Waals surface area contributed by atoms with Crippen molar-refractivity contribution in [2.75, 3.05) is 0 Å². The molecule has 2 aromatic rings. The Bertz CT molecular complexity index is 428. The molecule has 0 N–H and O–H groups in total. The molecule has 0 aliphatic rings. The van der Waals surface area contributed by atoms with Crippen LogP contribution in [0.4, 0.5) is 0 Å². The van der Waals surface area contributed by atoms with Crippen molar-refractivity contribution in [1.29, 1.82) is 0 Å². The van der Waals surface area contributed by atoms with E-state index in [1.165, 1.54) is 5.39 Å². The molecule has 13 heavy (non-hydrogen) atoms. The van der Waals surface area contributed by atoms with Gasteiger partial charge in [-0.15, -0.1) is 0 Å². The number of hydrogen-bond donors (Lipinski definition) is 0. The van der Waals surface area contributed by atoms with Crippen LogP contribution in [0.1, 0.15) is 0 Å². The van der Waals surface area contributed by atoms with Crippen LogP contribution in [0.5, 0.6) is 0 Å². The minimum Gasteiger partial charge on any atom is -0.778 e. The summed E-state index contributed by atoms with van der Waals surface area (Å²) >= 11 is 8.66. The molecule has 0 saturated carbocycles. The Morgan fingerprint density at radius 3 is 2.46 bits per heavy atom. The zero-order valence-corrected chi connectivity index (χ0v) is 9.65. The molecule has 0 radical (unpaired) electrons. The number of halogens is 1. The summed E-state index contributed by atoms with van der Waals surface area (Å²) in [6.07, 6.45) is 0. The van der Waals surface area contributed by atoms with Gasteiger partial charge in [-0.25, -0.2) is 0 Å². The van der Waals surface area contributed by atoms with Gasteiger partial charge in [-0.2, -0.15) is 4.90 Å². The summed E-state index contributed by atoms with van der Waals surface area (Å²) in [4.78, 5) is 0.896. The van der Waals surface area contributed by atoms with Crippen LogP contribution in [0.25, 0.3) is 10.8 Å². The molecule has 0 atom stereocenters. The van der Waals surface area contributed by atoms with Crippen molar-refractivity contribution < 1.29 is 18.9 Å². The molecule has 2 aromatic carbocycles. The Labute approximate surface area is 103 Å². The molecule has 60 valence electrons. The Morgan fingerprint density at radius 1 is 1.00 bits per heavy atom. The van der Waals surface area contributed by atoms with Crippen molar-refractivity contribution >= 4 is 39.3 Å². The third-order valence-electron chi connectivity index (χ3n) is 1.83. The van der Waals surface area contributed by atoms with Gasteiger partial charge >= 0.3 is 18.9 Å². The second kappa shape index (κ2) is 4.48. The van der Waals surface area contributed by atoms with Gasteiger partial charge in [0.15, 0.2) is 0 Å². The first-order chi connectivity index (χ1) is 5.79. The smallest absolute Gasteiger partial charge is 0.778 e. The van der Waals surface area contributed by atoms with Crippen LogP contribution in [0.3, 0.4) is 0 Å². The summed E-state index contributed by atoms with van der Waals surface area (Å²) in [5, 5.41) is 2.34. The summed E-state index contributed by atoms with van der Waals surface area (Å²) < 4.78 is 0.996. The van der Waals surface area contributed by atoms with Crippen molar-refractivity contribution in [2.24, 2.45) is 0 Å². The number of rotatable bonds is 0. The van der Waals surface area contributed by atoms with Crippen LogP contribution in [0.15, 0.2) is 45.8 Å². The van der Waals surface area contributed by atoms with Gasteiger partial charge in [0.1, 0.15) is 0 Å². The molecule has 0 aromatic heterocycles. The van der Waals surface area contributed by atoms with Crippen LogP contribution in [0.2, 0.25) is 0 Å². The van der Waals surface area contributed by atoms with E-state index in [0.717, 1.165) is 14.8 Å². The fourth-order valence-electron chi connectivity index (χ4n) is 1.22. The largest absolute Gasteiger partial charge is 1.00 e.